The van der Waals surface area contributed by atoms with Crippen LogP contribution in [0.4, 0.5) is 17.1 Å². The molecule has 2 aromatic rings. The zero-order valence-corrected chi connectivity index (χ0v) is 16.7. The van der Waals surface area contributed by atoms with Gasteiger partial charge in [0.2, 0.25) is 10.0 Å². The largest absolute Gasteiger partial charge is 0.373 e. The number of nitro groups is 1. The van der Waals surface area contributed by atoms with Gasteiger partial charge in [-0.15, -0.1) is 0 Å². The molecule has 1 aliphatic heterocycles. The van der Waals surface area contributed by atoms with Crippen LogP contribution in [0.5, 0.6) is 0 Å². The summed E-state index contributed by atoms with van der Waals surface area (Å²) in [6.07, 6.45) is 1.85. The van der Waals surface area contributed by atoms with Crippen LogP contribution in [0.1, 0.15) is 12.8 Å². The minimum Gasteiger partial charge on any atom is -0.373 e. The number of hydrogen-bond acceptors (Lipinski definition) is 6. The van der Waals surface area contributed by atoms with Crippen LogP contribution in [-0.4, -0.2) is 46.6 Å². The summed E-state index contributed by atoms with van der Waals surface area (Å²) >= 11 is 0. The average Bonchev–Trinajstić information content (AvgIpc) is 3.16. The van der Waals surface area contributed by atoms with Crippen LogP contribution < -0.4 is 14.5 Å². The lowest BCUT2D eigenvalue weighted by molar-refractivity contribution is -0.384. The van der Waals surface area contributed by atoms with Crippen LogP contribution in [0.15, 0.2) is 53.4 Å². The Morgan fingerprint density at radius 3 is 2.61 bits per heavy atom. The highest BCUT2D eigenvalue weighted by atomic mass is 32.2. The molecule has 0 bridgehead atoms. The van der Waals surface area contributed by atoms with Crippen molar-refractivity contribution in [3.63, 3.8) is 0 Å². The van der Waals surface area contributed by atoms with Crippen molar-refractivity contribution in [2.45, 2.75) is 23.8 Å². The molecule has 8 nitrogen and oxygen atoms in total. The van der Waals surface area contributed by atoms with Crippen LogP contribution in [0, 0.1) is 10.1 Å². The Hall–Kier alpha value is -2.65. The molecule has 1 fully saturated rings. The first-order valence-electron chi connectivity index (χ1n) is 9.08. The van der Waals surface area contributed by atoms with Crippen molar-refractivity contribution in [1.82, 2.24) is 4.72 Å². The Kier molecular flexibility index (Phi) is 5.85. The van der Waals surface area contributed by atoms with E-state index < -0.39 is 14.9 Å². The molecule has 0 spiro atoms. The number of anilines is 2. The number of benzene rings is 2. The molecule has 1 N–H and O–H groups in total. The Labute approximate surface area is 165 Å². The van der Waals surface area contributed by atoms with Crippen LogP contribution >= 0.6 is 0 Å². The zero-order valence-electron chi connectivity index (χ0n) is 15.9. The normalized spacial score (nSPS) is 16.9. The molecule has 0 aliphatic carbocycles. The summed E-state index contributed by atoms with van der Waals surface area (Å²) in [4.78, 5) is 15.2. The van der Waals surface area contributed by atoms with Gasteiger partial charge in [0.05, 0.1) is 9.82 Å². The molecule has 1 atom stereocenters. The maximum Gasteiger partial charge on any atom is 0.293 e. The first-order chi connectivity index (χ1) is 13.3. The fourth-order valence-electron chi connectivity index (χ4n) is 3.62. The van der Waals surface area contributed by atoms with Crippen molar-refractivity contribution in [3.8, 4) is 0 Å². The first-order valence-corrected chi connectivity index (χ1v) is 10.6. The van der Waals surface area contributed by atoms with E-state index in [4.69, 9.17) is 0 Å². The number of sulfonamides is 1. The van der Waals surface area contributed by atoms with Gasteiger partial charge in [-0.2, -0.15) is 0 Å². The molecule has 0 aromatic heterocycles. The highest BCUT2D eigenvalue weighted by molar-refractivity contribution is 7.89. The summed E-state index contributed by atoms with van der Waals surface area (Å²) in [7, 11) is -0.459. The summed E-state index contributed by atoms with van der Waals surface area (Å²) in [5.74, 6) is 0. The number of rotatable bonds is 7. The number of likely N-dealkylation sites (N-methyl/N-ethyl adjacent to an activating group) is 1. The van der Waals surface area contributed by atoms with E-state index in [0.29, 0.717) is 12.2 Å². The van der Waals surface area contributed by atoms with Gasteiger partial charge in [-0.25, -0.2) is 13.1 Å². The van der Waals surface area contributed by atoms with Gasteiger partial charge in [0.25, 0.3) is 5.69 Å². The summed E-state index contributed by atoms with van der Waals surface area (Å²) in [5.41, 5.74) is 1.36. The molecule has 150 valence electrons. The van der Waals surface area contributed by atoms with E-state index in [9.17, 15) is 18.5 Å². The monoisotopic (exact) mass is 404 g/mol. The highest BCUT2D eigenvalue weighted by Gasteiger charge is 2.31. The van der Waals surface area contributed by atoms with Crippen molar-refractivity contribution in [2.24, 2.45) is 0 Å². The number of nitro benzene ring substituents is 1. The van der Waals surface area contributed by atoms with E-state index in [1.807, 2.05) is 42.3 Å². The SMILES string of the molecule is CNS(=O)(=O)c1ccc(N2CCC[C@H]2CN(C)c2ccccc2)c([N+](=O)[O-])c1. The maximum atomic E-state index is 12.0. The van der Waals surface area contributed by atoms with Gasteiger partial charge in [0.15, 0.2) is 0 Å². The fraction of sp³-hybridized carbons (Fsp3) is 0.368. The minimum atomic E-state index is -3.74. The quantitative estimate of drug-likeness (QED) is 0.563. The second-order valence-electron chi connectivity index (χ2n) is 6.82. The number of nitrogens with zero attached hydrogens (tertiary/aromatic N) is 3. The lowest BCUT2D eigenvalue weighted by atomic mass is 10.1. The van der Waals surface area contributed by atoms with Gasteiger partial charge in [0, 0.05) is 37.9 Å². The predicted molar refractivity (Wildman–Crippen MR) is 109 cm³/mol. The summed E-state index contributed by atoms with van der Waals surface area (Å²) in [5, 5.41) is 11.6. The fourth-order valence-corrected chi connectivity index (χ4v) is 4.37. The van der Waals surface area contributed by atoms with E-state index in [0.717, 1.165) is 31.1 Å². The summed E-state index contributed by atoms with van der Waals surface area (Å²) < 4.78 is 26.2. The summed E-state index contributed by atoms with van der Waals surface area (Å²) in [6.45, 7) is 1.42. The van der Waals surface area contributed by atoms with Crippen molar-refractivity contribution >= 4 is 27.1 Å². The minimum absolute atomic E-state index is 0.107. The second-order valence-corrected chi connectivity index (χ2v) is 8.71. The summed E-state index contributed by atoms with van der Waals surface area (Å²) in [6, 6.07) is 14.2. The predicted octanol–water partition coefficient (Wildman–Crippen LogP) is 2.61. The molecular formula is C19H24N4O4S. The van der Waals surface area contributed by atoms with E-state index in [1.165, 1.54) is 13.1 Å². The van der Waals surface area contributed by atoms with E-state index in [2.05, 4.69) is 9.62 Å². The maximum absolute atomic E-state index is 12.0. The first kappa shape index (κ1) is 20.1. The number of nitrogens with one attached hydrogen (secondary N) is 1. The Morgan fingerprint density at radius 1 is 1.25 bits per heavy atom. The highest BCUT2D eigenvalue weighted by Crippen LogP contribution is 2.35. The van der Waals surface area contributed by atoms with Gasteiger partial charge < -0.3 is 9.80 Å². The van der Waals surface area contributed by atoms with Gasteiger partial charge in [-0.3, -0.25) is 10.1 Å². The van der Waals surface area contributed by atoms with Gasteiger partial charge in [-0.05, 0) is 44.2 Å². The third kappa shape index (κ3) is 4.10. The lowest BCUT2D eigenvalue weighted by Gasteiger charge is -2.31. The molecule has 9 heteroatoms. The Balaban J connectivity index is 1.90. The molecular weight excluding hydrogens is 380 g/mol. The zero-order chi connectivity index (χ0) is 20.3. The van der Waals surface area contributed by atoms with Crippen LogP contribution in [0.2, 0.25) is 0 Å². The second kappa shape index (κ2) is 8.15. The smallest absolute Gasteiger partial charge is 0.293 e. The molecule has 1 saturated heterocycles. The molecule has 0 saturated carbocycles. The molecule has 1 heterocycles. The van der Waals surface area contributed by atoms with Gasteiger partial charge in [-0.1, -0.05) is 18.2 Å². The molecule has 1 aliphatic rings. The number of hydrogen-bond donors (Lipinski definition) is 1. The third-order valence-corrected chi connectivity index (χ3v) is 6.50. The van der Waals surface area contributed by atoms with Crippen molar-refractivity contribution < 1.29 is 13.3 Å². The lowest BCUT2D eigenvalue weighted by Crippen LogP contribution is -2.39. The van der Waals surface area contributed by atoms with E-state index in [1.54, 1.807) is 6.07 Å². The van der Waals surface area contributed by atoms with Crippen LogP contribution in [0.3, 0.4) is 0 Å². The molecule has 0 amide bonds. The van der Waals surface area contributed by atoms with Crippen molar-refractivity contribution in [3.05, 3.63) is 58.6 Å². The Morgan fingerprint density at radius 2 is 1.96 bits per heavy atom. The van der Waals surface area contributed by atoms with Gasteiger partial charge >= 0.3 is 0 Å². The average molecular weight is 404 g/mol. The van der Waals surface area contributed by atoms with E-state index in [-0.39, 0.29) is 16.6 Å². The van der Waals surface area contributed by atoms with Crippen molar-refractivity contribution in [1.29, 1.82) is 0 Å². The molecule has 0 unspecified atom stereocenters. The number of para-hydroxylation sites is 1. The molecule has 28 heavy (non-hydrogen) atoms. The van der Waals surface area contributed by atoms with Crippen LogP contribution in [0.25, 0.3) is 0 Å². The standard InChI is InChI=1S/C19H24N4O4S/c1-20-28(26,27)17-10-11-18(19(13-17)23(24)25)22-12-6-9-16(22)14-21(2)15-7-4-3-5-8-15/h3-5,7-8,10-11,13,16,20H,6,9,12,14H2,1-2H3/t16-/m0/s1. The van der Waals surface area contributed by atoms with Gasteiger partial charge in [0.1, 0.15) is 5.69 Å². The molecule has 3 rings (SSSR count). The topological polar surface area (TPSA) is 95.8 Å². The third-order valence-electron chi connectivity index (χ3n) is 5.09. The molecule has 0 radical (unpaired) electrons. The van der Waals surface area contributed by atoms with Crippen molar-refractivity contribution in [2.75, 3.05) is 37.0 Å². The molecule has 2 aromatic carbocycles. The Bertz CT molecular complexity index is 950. The van der Waals surface area contributed by atoms with E-state index >= 15 is 0 Å². The van der Waals surface area contributed by atoms with Crippen LogP contribution in [-0.2, 0) is 10.0 Å².